The zero-order valence-corrected chi connectivity index (χ0v) is 13.3. The molecule has 8 heteroatoms. The van der Waals surface area contributed by atoms with Crippen LogP contribution in [0.25, 0.3) is 0 Å². The molecule has 120 valence electrons. The van der Waals surface area contributed by atoms with Gasteiger partial charge in [0.1, 0.15) is 0 Å². The predicted molar refractivity (Wildman–Crippen MR) is 81.9 cm³/mol. The topological polar surface area (TPSA) is 104 Å². The van der Waals surface area contributed by atoms with Crippen molar-refractivity contribution in [3.05, 3.63) is 23.8 Å². The van der Waals surface area contributed by atoms with Gasteiger partial charge in [-0.2, -0.15) is 0 Å². The highest BCUT2D eigenvalue weighted by molar-refractivity contribution is 7.89. The fourth-order valence-electron chi connectivity index (χ4n) is 2.04. The third-order valence-corrected chi connectivity index (χ3v) is 4.85. The molecule has 0 aromatic heterocycles. The van der Waals surface area contributed by atoms with Crippen LogP contribution in [0.4, 0.5) is 5.69 Å². The Morgan fingerprint density at radius 3 is 2.82 bits per heavy atom. The molecule has 1 unspecified atom stereocenters. The summed E-state index contributed by atoms with van der Waals surface area (Å²) in [4.78, 5) is 22.9. The first-order valence-corrected chi connectivity index (χ1v) is 8.52. The van der Waals surface area contributed by atoms with E-state index in [1.165, 1.54) is 12.1 Å². The lowest BCUT2D eigenvalue weighted by molar-refractivity contribution is -0.120. The molecule has 1 aromatic rings. The van der Waals surface area contributed by atoms with Crippen molar-refractivity contribution >= 4 is 27.5 Å². The van der Waals surface area contributed by atoms with Crippen LogP contribution in [-0.4, -0.2) is 32.8 Å². The van der Waals surface area contributed by atoms with Crippen LogP contribution in [0.2, 0.25) is 0 Å². The summed E-state index contributed by atoms with van der Waals surface area (Å²) in [7, 11) is -3.79. The molecule has 1 aliphatic heterocycles. The van der Waals surface area contributed by atoms with Gasteiger partial charge >= 0.3 is 0 Å². The second kappa shape index (κ2) is 6.45. The maximum Gasteiger partial charge on any atom is 0.241 e. The van der Waals surface area contributed by atoms with Gasteiger partial charge in [0.05, 0.1) is 17.9 Å². The Balaban J connectivity index is 2.04. The molecule has 0 saturated heterocycles. The number of carbonyl (C=O) groups excluding carboxylic acids is 2. The minimum Gasteiger partial charge on any atom is -0.353 e. The van der Waals surface area contributed by atoms with Crippen molar-refractivity contribution in [1.29, 1.82) is 0 Å². The maximum absolute atomic E-state index is 12.2. The van der Waals surface area contributed by atoms with Gasteiger partial charge in [-0.25, -0.2) is 13.1 Å². The normalized spacial score (nSPS) is 15.1. The Morgan fingerprint density at radius 2 is 2.14 bits per heavy atom. The molecule has 1 aliphatic rings. The summed E-state index contributed by atoms with van der Waals surface area (Å²) in [6.07, 6.45) is 0.928. The molecule has 0 spiro atoms. The lowest BCUT2D eigenvalue weighted by Gasteiger charge is -2.12. The standard InChI is InChI=1S/C14H19N3O4S/c1-3-9(2)16-14(19)8-15-22(20,21)11-4-5-12-10(6-11)7-13(18)17-12/h4-6,9,15H,3,7-8H2,1-2H3,(H,16,19)(H,17,18). The lowest BCUT2D eigenvalue weighted by atomic mass is 10.2. The molecule has 0 aliphatic carbocycles. The first kappa shape index (κ1) is 16.4. The van der Waals surface area contributed by atoms with Crippen molar-refractivity contribution in [3.63, 3.8) is 0 Å². The highest BCUT2D eigenvalue weighted by Crippen LogP contribution is 2.25. The second-order valence-electron chi connectivity index (χ2n) is 5.25. The Bertz CT molecular complexity index is 700. The van der Waals surface area contributed by atoms with E-state index in [1.54, 1.807) is 6.07 Å². The number of hydrogen-bond acceptors (Lipinski definition) is 4. The number of fused-ring (bicyclic) bond motifs is 1. The zero-order valence-electron chi connectivity index (χ0n) is 12.5. The third-order valence-electron chi connectivity index (χ3n) is 3.45. The van der Waals surface area contributed by atoms with Crippen molar-refractivity contribution in [3.8, 4) is 0 Å². The summed E-state index contributed by atoms with van der Waals surface area (Å²) >= 11 is 0. The average Bonchev–Trinajstić information content (AvgIpc) is 2.84. The molecule has 0 saturated carbocycles. The van der Waals surface area contributed by atoms with Crippen LogP contribution in [0.15, 0.2) is 23.1 Å². The molecule has 2 amide bonds. The van der Waals surface area contributed by atoms with Gasteiger partial charge in [-0.05, 0) is 37.1 Å². The number of sulfonamides is 1. The number of benzene rings is 1. The van der Waals surface area contributed by atoms with E-state index >= 15 is 0 Å². The highest BCUT2D eigenvalue weighted by Gasteiger charge is 2.22. The van der Waals surface area contributed by atoms with Crippen molar-refractivity contribution in [1.82, 2.24) is 10.0 Å². The van der Waals surface area contributed by atoms with E-state index < -0.39 is 10.0 Å². The molecule has 2 rings (SSSR count). The number of rotatable bonds is 6. The Hall–Kier alpha value is -1.93. The van der Waals surface area contributed by atoms with Crippen LogP contribution in [-0.2, 0) is 26.0 Å². The van der Waals surface area contributed by atoms with E-state index in [1.807, 2.05) is 13.8 Å². The number of amides is 2. The summed E-state index contributed by atoms with van der Waals surface area (Å²) in [5, 5.41) is 5.32. The van der Waals surface area contributed by atoms with E-state index in [2.05, 4.69) is 15.4 Å². The number of carbonyl (C=O) groups is 2. The molecule has 7 nitrogen and oxygen atoms in total. The minimum atomic E-state index is -3.79. The van der Waals surface area contributed by atoms with Gasteiger partial charge in [-0.15, -0.1) is 0 Å². The highest BCUT2D eigenvalue weighted by atomic mass is 32.2. The van der Waals surface area contributed by atoms with Crippen molar-refractivity contribution in [2.75, 3.05) is 11.9 Å². The van der Waals surface area contributed by atoms with Gasteiger partial charge < -0.3 is 10.6 Å². The summed E-state index contributed by atoms with van der Waals surface area (Å²) < 4.78 is 26.6. The van der Waals surface area contributed by atoms with Gasteiger partial charge in [0.15, 0.2) is 0 Å². The number of hydrogen-bond donors (Lipinski definition) is 3. The van der Waals surface area contributed by atoms with E-state index in [-0.39, 0.29) is 35.7 Å². The molecule has 1 aromatic carbocycles. The fraction of sp³-hybridized carbons (Fsp3) is 0.429. The van der Waals surface area contributed by atoms with E-state index in [9.17, 15) is 18.0 Å². The summed E-state index contributed by atoms with van der Waals surface area (Å²) in [5.74, 6) is -0.540. The van der Waals surface area contributed by atoms with Gasteiger partial charge in [0.2, 0.25) is 21.8 Å². The lowest BCUT2D eigenvalue weighted by Crippen LogP contribution is -2.40. The average molecular weight is 325 g/mol. The summed E-state index contributed by atoms with van der Waals surface area (Å²) in [6, 6.07) is 4.39. The largest absolute Gasteiger partial charge is 0.353 e. The van der Waals surface area contributed by atoms with Crippen LogP contribution in [0.1, 0.15) is 25.8 Å². The molecule has 0 fully saturated rings. The maximum atomic E-state index is 12.2. The molecule has 0 bridgehead atoms. The van der Waals surface area contributed by atoms with Crippen LogP contribution < -0.4 is 15.4 Å². The van der Waals surface area contributed by atoms with E-state index in [4.69, 9.17) is 0 Å². The third kappa shape index (κ3) is 3.83. The molecule has 3 N–H and O–H groups in total. The summed E-state index contributed by atoms with van der Waals surface area (Å²) in [5.41, 5.74) is 1.26. The van der Waals surface area contributed by atoms with Gasteiger partial charge in [0.25, 0.3) is 0 Å². The molecule has 1 heterocycles. The minimum absolute atomic E-state index is 0.00548. The SMILES string of the molecule is CCC(C)NC(=O)CNS(=O)(=O)c1ccc2c(c1)CC(=O)N2. The predicted octanol–water partition coefficient (Wildman–Crippen LogP) is 0.374. The zero-order chi connectivity index (χ0) is 16.3. The fourth-order valence-corrected chi connectivity index (χ4v) is 3.08. The van der Waals surface area contributed by atoms with E-state index in [0.717, 1.165) is 6.42 Å². The van der Waals surface area contributed by atoms with Gasteiger partial charge in [-0.3, -0.25) is 9.59 Å². The second-order valence-corrected chi connectivity index (χ2v) is 7.01. The quantitative estimate of drug-likeness (QED) is 0.703. The molecule has 0 radical (unpaired) electrons. The van der Waals surface area contributed by atoms with Gasteiger partial charge in [-0.1, -0.05) is 6.92 Å². The van der Waals surface area contributed by atoms with Gasteiger partial charge in [0, 0.05) is 11.7 Å². The molecular formula is C14H19N3O4S. The Labute approximate surface area is 129 Å². The van der Waals surface area contributed by atoms with Crippen LogP contribution in [0.3, 0.4) is 0 Å². The first-order chi connectivity index (χ1) is 10.3. The molecule has 22 heavy (non-hydrogen) atoms. The van der Waals surface area contributed by atoms with Crippen molar-refractivity contribution in [2.24, 2.45) is 0 Å². The Morgan fingerprint density at radius 1 is 1.41 bits per heavy atom. The first-order valence-electron chi connectivity index (χ1n) is 7.03. The van der Waals surface area contributed by atoms with Crippen LogP contribution in [0, 0.1) is 0 Å². The monoisotopic (exact) mass is 325 g/mol. The number of anilines is 1. The van der Waals surface area contributed by atoms with E-state index in [0.29, 0.717) is 11.3 Å². The van der Waals surface area contributed by atoms with Crippen molar-refractivity contribution < 1.29 is 18.0 Å². The summed E-state index contributed by atoms with van der Waals surface area (Å²) in [6.45, 7) is 3.45. The Kier molecular flexibility index (Phi) is 4.82. The molecular weight excluding hydrogens is 306 g/mol. The van der Waals surface area contributed by atoms with Crippen LogP contribution in [0.5, 0.6) is 0 Å². The smallest absolute Gasteiger partial charge is 0.241 e. The molecule has 1 atom stereocenters. The van der Waals surface area contributed by atoms with Crippen LogP contribution >= 0.6 is 0 Å². The van der Waals surface area contributed by atoms with Crippen molar-refractivity contribution in [2.45, 2.75) is 37.6 Å². The number of nitrogens with one attached hydrogen (secondary N) is 3.